The van der Waals surface area contributed by atoms with Crippen molar-refractivity contribution in [2.75, 3.05) is 0 Å². The number of carboxylic acids is 2. The van der Waals surface area contributed by atoms with E-state index in [1.165, 1.54) is 44.5 Å². The van der Waals surface area contributed by atoms with E-state index in [1.54, 1.807) is 13.8 Å². The van der Waals surface area contributed by atoms with Crippen molar-refractivity contribution in [2.45, 2.75) is 46.5 Å². The zero-order chi connectivity index (χ0) is 28.6. The quantitative estimate of drug-likeness (QED) is 0.172. The molecule has 2 N–H and O–H groups in total. The van der Waals surface area contributed by atoms with Crippen molar-refractivity contribution in [3.63, 3.8) is 0 Å². The first kappa shape index (κ1) is 31.6. The summed E-state index contributed by atoms with van der Waals surface area (Å²) in [6.07, 6.45) is 2.54. The number of fused-ring (bicyclic) bond motifs is 6. The van der Waals surface area contributed by atoms with E-state index in [4.69, 9.17) is 10.2 Å². The van der Waals surface area contributed by atoms with Crippen molar-refractivity contribution < 1.29 is 39.8 Å². The predicted octanol–water partition coefficient (Wildman–Crippen LogP) is 7.43. The van der Waals surface area contributed by atoms with Crippen molar-refractivity contribution in [1.82, 2.24) is 0 Å². The molecule has 0 aliphatic heterocycles. The normalized spacial score (nSPS) is 10.5. The van der Waals surface area contributed by atoms with Gasteiger partial charge in [0.1, 0.15) is 0 Å². The third-order valence-corrected chi connectivity index (χ3v) is 5.84. The van der Waals surface area contributed by atoms with E-state index < -0.39 is 11.9 Å². The van der Waals surface area contributed by atoms with Crippen molar-refractivity contribution >= 4 is 16.3 Å². The molecule has 5 heteroatoms. The Balaban J connectivity index is 0.000000193. The van der Waals surface area contributed by atoms with Crippen LogP contribution < -0.4 is 0 Å². The van der Waals surface area contributed by atoms with Gasteiger partial charge in [0.25, 0.3) is 0 Å². The van der Waals surface area contributed by atoms with Crippen LogP contribution in [-0.2, 0) is 42.4 Å². The molecule has 0 spiro atoms. The second-order valence-electron chi connectivity index (χ2n) is 8.58. The predicted molar refractivity (Wildman–Crippen MR) is 155 cm³/mol. The molecular formula is C34H34O4Ti. The summed E-state index contributed by atoms with van der Waals surface area (Å²) in [4.78, 5) is 18.7. The summed E-state index contributed by atoms with van der Waals surface area (Å²) in [5, 5.41) is 15.4. The van der Waals surface area contributed by atoms with Gasteiger partial charge in [-0.3, -0.25) is 9.59 Å². The number of carbonyl (C=O) groups is 2. The fourth-order valence-electron chi connectivity index (χ4n) is 4.00. The first-order chi connectivity index (χ1) is 18.9. The summed E-state index contributed by atoms with van der Waals surface area (Å²) >= 11 is 2.00. The molecular weight excluding hydrogens is 520 g/mol. The van der Waals surface area contributed by atoms with Gasteiger partial charge in [0.05, 0.1) is 0 Å². The molecule has 198 valence electrons. The van der Waals surface area contributed by atoms with Gasteiger partial charge >= 0.3 is 43.1 Å². The van der Waals surface area contributed by atoms with Gasteiger partial charge in [-0.2, -0.15) is 59.7 Å². The van der Waals surface area contributed by atoms with E-state index >= 15 is 0 Å². The minimum atomic E-state index is -0.745. The molecule has 0 atom stereocenters. The summed E-state index contributed by atoms with van der Waals surface area (Å²) in [5.74, 6) is -1.49. The largest absolute Gasteiger partial charge is 0.179 e. The summed E-state index contributed by atoms with van der Waals surface area (Å²) in [6, 6.07) is 36.2. The molecule has 0 heterocycles. The molecule has 0 saturated carbocycles. The maximum atomic E-state index is 9.37. The van der Waals surface area contributed by atoms with Crippen LogP contribution in [0.25, 0.3) is 22.3 Å². The fourth-order valence-corrected chi connectivity index (χ4v) is 4.00. The summed E-state index contributed by atoms with van der Waals surface area (Å²) in [7, 11) is 0. The standard InChI is InChI=1S/2C13H9.2C3H6O2.C2H4.Ti/c2*1-3-7-12-10(5-1)9-11-6-2-4-8-13(11)12;2*1-2-3(4)5;1-2;/h2*1-5,7-8H,9H2;2*2H2,1H3,(H,4,5);1H,2H3;/q2*-1;;;;+2. The SMILES string of the molecule is CCC(=O)O.CCC(=O)O.C[CH]=[Ti+2].[c-]1cccc2c1Cc1ccccc1-2.[c-]1cccc2c1Cc1ccccc1-2. The Morgan fingerprint density at radius 3 is 1.33 bits per heavy atom. The average Bonchev–Trinajstić information content (AvgIpc) is 3.53. The van der Waals surface area contributed by atoms with Crippen LogP contribution in [0.5, 0.6) is 0 Å². The second kappa shape index (κ2) is 17.1. The second-order valence-corrected chi connectivity index (χ2v) is 9.48. The van der Waals surface area contributed by atoms with Gasteiger partial charge in [0, 0.05) is 12.8 Å². The number of hydrogen-bond acceptors (Lipinski definition) is 2. The summed E-state index contributed by atoms with van der Waals surface area (Å²) in [6.45, 7) is 5.20. The van der Waals surface area contributed by atoms with Gasteiger partial charge < -0.3 is 10.2 Å². The maximum Gasteiger partial charge on any atom is -0.0253 e. The Morgan fingerprint density at radius 2 is 1.00 bits per heavy atom. The molecule has 0 saturated heterocycles. The van der Waals surface area contributed by atoms with Crippen molar-refractivity contribution in [1.29, 1.82) is 0 Å². The van der Waals surface area contributed by atoms with Crippen LogP contribution in [0.3, 0.4) is 0 Å². The van der Waals surface area contributed by atoms with E-state index in [9.17, 15) is 9.59 Å². The van der Waals surface area contributed by atoms with Crippen LogP contribution in [0.15, 0.2) is 84.9 Å². The third kappa shape index (κ3) is 9.90. The monoisotopic (exact) mass is 554 g/mol. The van der Waals surface area contributed by atoms with Gasteiger partial charge in [-0.05, 0) is 12.8 Å². The molecule has 0 unspecified atom stereocenters. The minimum Gasteiger partial charge on any atom is -0.179 e. The van der Waals surface area contributed by atoms with Crippen LogP contribution in [0.4, 0.5) is 0 Å². The molecule has 0 radical (unpaired) electrons. The maximum absolute atomic E-state index is 9.37. The summed E-state index contributed by atoms with van der Waals surface area (Å²) in [5.41, 5.74) is 11.0. The first-order valence-corrected chi connectivity index (χ1v) is 13.8. The molecule has 0 amide bonds. The van der Waals surface area contributed by atoms with Crippen LogP contribution in [0.1, 0.15) is 55.9 Å². The molecule has 4 nitrogen and oxygen atoms in total. The fraction of sp³-hybridized carbons (Fsp3) is 0.206. The molecule has 2 aliphatic carbocycles. The van der Waals surface area contributed by atoms with Crippen molar-refractivity contribution in [3.05, 3.63) is 119 Å². The van der Waals surface area contributed by atoms with E-state index in [1.807, 2.05) is 43.3 Å². The van der Waals surface area contributed by atoms with Crippen LogP contribution in [0.2, 0.25) is 0 Å². The molecule has 0 fully saturated rings. The molecule has 4 aromatic carbocycles. The van der Waals surface area contributed by atoms with Crippen LogP contribution >= 0.6 is 0 Å². The Morgan fingerprint density at radius 1 is 0.692 bits per heavy atom. The Labute approximate surface area is 243 Å². The van der Waals surface area contributed by atoms with Gasteiger partial charge in [-0.1, -0.05) is 84.6 Å². The van der Waals surface area contributed by atoms with Gasteiger partial charge in [-0.25, -0.2) is 0 Å². The number of hydrogen-bond donors (Lipinski definition) is 2. The smallest absolute Gasteiger partial charge is 0.0253 e. The topological polar surface area (TPSA) is 74.6 Å². The number of aliphatic carboxylic acids is 2. The van der Waals surface area contributed by atoms with E-state index in [-0.39, 0.29) is 12.8 Å². The number of rotatable bonds is 2. The third-order valence-electron chi connectivity index (χ3n) is 5.84. The molecule has 2 aliphatic rings. The van der Waals surface area contributed by atoms with Gasteiger partial charge in [0.15, 0.2) is 0 Å². The molecule has 0 aromatic heterocycles. The zero-order valence-electron chi connectivity index (χ0n) is 22.7. The number of benzene rings is 4. The van der Waals surface area contributed by atoms with Gasteiger partial charge in [-0.15, -0.1) is 11.1 Å². The molecule has 6 rings (SSSR count). The minimum absolute atomic E-state index is 0.222. The van der Waals surface area contributed by atoms with Crippen LogP contribution in [0, 0.1) is 12.1 Å². The Kier molecular flexibility index (Phi) is 13.9. The molecule has 0 bridgehead atoms. The molecule has 39 heavy (non-hydrogen) atoms. The van der Waals surface area contributed by atoms with Gasteiger partial charge in [0.2, 0.25) is 0 Å². The van der Waals surface area contributed by atoms with Crippen molar-refractivity contribution in [3.8, 4) is 22.3 Å². The zero-order valence-corrected chi connectivity index (χ0v) is 24.3. The van der Waals surface area contributed by atoms with E-state index in [2.05, 4.69) is 84.9 Å². The summed E-state index contributed by atoms with van der Waals surface area (Å²) < 4.78 is 2.00. The number of carboxylic acid groups (broad SMARTS) is 2. The first-order valence-electron chi connectivity index (χ1n) is 12.9. The average molecular weight is 555 g/mol. The van der Waals surface area contributed by atoms with Crippen molar-refractivity contribution in [2.24, 2.45) is 0 Å². The Bertz CT molecular complexity index is 1190. The van der Waals surface area contributed by atoms with E-state index in [0.717, 1.165) is 12.8 Å². The van der Waals surface area contributed by atoms with E-state index in [0.29, 0.717) is 0 Å². The Hall–Kier alpha value is -3.60. The molecule has 4 aromatic rings. The van der Waals surface area contributed by atoms with Crippen LogP contribution in [-0.4, -0.2) is 26.5 Å².